The van der Waals surface area contributed by atoms with Crippen LogP contribution in [0.15, 0.2) is 24.3 Å². The lowest BCUT2D eigenvalue weighted by molar-refractivity contribution is -0.220. The Morgan fingerprint density at radius 1 is 0.593 bits per heavy atom. The molecule has 1 aliphatic rings. The molecule has 0 heterocycles. The van der Waals surface area contributed by atoms with Gasteiger partial charge in [0.05, 0.1) is 31.3 Å². The van der Waals surface area contributed by atoms with Gasteiger partial charge in [-0.3, -0.25) is 13.8 Å². The first-order valence-corrected chi connectivity index (χ1v) is 24.9. The highest BCUT2D eigenvalue weighted by atomic mass is 31.2. The second-order valence-electron chi connectivity index (χ2n) is 16.8. The summed E-state index contributed by atoms with van der Waals surface area (Å²) in [5.41, 5.74) is 0. The third-order valence-electron chi connectivity index (χ3n) is 11.3. The maximum absolute atomic E-state index is 13.0. The first-order valence-electron chi connectivity index (χ1n) is 23.4. The molecule has 0 aromatic rings. The second-order valence-corrected chi connectivity index (χ2v) is 18.2. The van der Waals surface area contributed by atoms with Crippen LogP contribution in [-0.2, 0) is 18.4 Å². The Bertz CT molecular complexity index is 1110. The van der Waals surface area contributed by atoms with E-state index < -0.39 is 75.2 Å². The number of carbonyl (C=O) groups is 1. The largest absolute Gasteiger partial charge is 0.472 e. The molecule has 348 valence electrons. The maximum Gasteiger partial charge on any atom is 0.472 e. The number of phosphoric ester groups is 1. The van der Waals surface area contributed by atoms with Gasteiger partial charge in [-0.25, -0.2) is 4.57 Å². The maximum atomic E-state index is 13.0. The summed E-state index contributed by atoms with van der Waals surface area (Å²) in [4.78, 5) is 23.4. The number of aliphatic hydroxyl groups excluding tert-OH is 7. The van der Waals surface area contributed by atoms with Crippen LogP contribution in [0.1, 0.15) is 194 Å². The number of aliphatic hydroxyl groups is 7. The number of nitrogens with one attached hydrogen (secondary N) is 1. The zero-order valence-corrected chi connectivity index (χ0v) is 37.6. The summed E-state index contributed by atoms with van der Waals surface area (Å²) in [6.45, 7) is 3.75. The van der Waals surface area contributed by atoms with E-state index in [9.17, 15) is 50.0 Å². The van der Waals surface area contributed by atoms with Gasteiger partial charge in [0.2, 0.25) is 5.91 Å². The van der Waals surface area contributed by atoms with Crippen LogP contribution in [0, 0.1) is 0 Å². The van der Waals surface area contributed by atoms with Crippen molar-refractivity contribution >= 4 is 13.7 Å². The lowest BCUT2D eigenvalue weighted by Crippen LogP contribution is -2.64. The van der Waals surface area contributed by atoms with E-state index in [0.29, 0.717) is 12.8 Å². The summed E-state index contributed by atoms with van der Waals surface area (Å²) in [7, 11) is -5.12. The summed E-state index contributed by atoms with van der Waals surface area (Å²) in [5.74, 6) is -0.572. The van der Waals surface area contributed by atoms with Crippen molar-refractivity contribution in [3.8, 4) is 0 Å². The molecule has 9 N–H and O–H groups in total. The van der Waals surface area contributed by atoms with Gasteiger partial charge in [-0.2, -0.15) is 0 Å². The normalized spacial score (nSPS) is 23.8. The third-order valence-corrected chi connectivity index (χ3v) is 12.3. The second kappa shape index (κ2) is 35.3. The fourth-order valence-corrected chi connectivity index (χ4v) is 8.44. The monoisotopic (exact) mass is 864 g/mol. The topological polar surface area (TPSA) is 226 Å². The van der Waals surface area contributed by atoms with Gasteiger partial charge < -0.3 is 46.0 Å². The Labute approximate surface area is 356 Å². The first kappa shape index (κ1) is 55.8. The van der Waals surface area contributed by atoms with Crippen LogP contribution in [0.3, 0.4) is 0 Å². The van der Waals surface area contributed by atoms with Gasteiger partial charge >= 0.3 is 7.82 Å². The molecule has 1 saturated carbocycles. The standard InChI is InChI=1S/C45H86NO12P/c1-3-5-7-9-11-13-15-17-18-19-21-23-25-27-29-31-33-38(48)37(35-57-59(55,56)58-45-43(53)41(51)40(50)42(52)44(45)54)46-39(49)34-36(47)32-30-28-26-24-22-20-16-14-12-10-8-6-4-2/h12,14,16,20,36-38,40-45,47-48,50-54H,3-11,13,15,17-19,21-35H2,1-2H3,(H,46,49)(H,55,56)/b14-12-,20-16-. The average Bonchev–Trinajstić information content (AvgIpc) is 3.21. The molecule has 0 aliphatic heterocycles. The summed E-state index contributed by atoms with van der Waals surface area (Å²) in [6.07, 6.45) is 23.6. The van der Waals surface area contributed by atoms with Crippen molar-refractivity contribution < 1.29 is 59.0 Å². The highest BCUT2D eigenvalue weighted by Crippen LogP contribution is 2.47. The van der Waals surface area contributed by atoms with Gasteiger partial charge in [0.15, 0.2) is 0 Å². The highest BCUT2D eigenvalue weighted by molar-refractivity contribution is 7.47. The van der Waals surface area contributed by atoms with Crippen LogP contribution in [0.2, 0.25) is 0 Å². The van der Waals surface area contributed by atoms with E-state index >= 15 is 0 Å². The number of hydrogen-bond donors (Lipinski definition) is 9. The van der Waals surface area contributed by atoms with Gasteiger partial charge in [-0.1, -0.05) is 173 Å². The Hall–Kier alpha value is -1.22. The van der Waals surface area contributed by atoms with Gasteiger partial charge in [0, 0.05) is 0 Å². The van der Waals surface area contributed by atoms with E-state index in [1.165, 1.54) is 89.9 Å². The Morgan fingerprint density at radius 3 is 1.47 bits per heavy atom. The molecular formula is C45H86NO12P. The minimum atomic E-state index is -5.12. The molecule has 1 fully saturated rings. The van der Waals surface area contributed by atoms with Gasteiger partial charge in [0.25, 0.3) is 0 Å². The molecule has 1 amide bonds. The fraction of sp³-hybridized carbons (Fsp3) is 0.889. The van der Waals surface area contributed by atoms with Crippen molar-refractivity contribution in [1.82, 2.24) is 5.32 Å². The fourth-order valence-electron chi connectivity index (χ4n) is 7.47. The molecule has 0 aromatic heterocycles. The molecule has 0 saturated heterocycles. The predicted molar refractivity (Wildman–Crippen MR) is 234 cm³/mol. The van der Waals surface area contributed by atoms with Crippen molar-refractivity contribution in [2.75, 3.05) is 6.61 Å². The molecule has 0 bridgehead atoms. The van der Waals surface area contributed by atoms with Crippen LogP contribution in [-0.4, -0.2) is 108 Å². The van der Waals surface area contributed by atoms with Crippen molar-refractivity contribution in [2.24, 2.45) is 0 Å². The smallest absolute Gasteiger partial charge is 0.393 e. The summed E-state index contributed by atoms with van der Waals surface area (Å²) < 4.78 is 22.9. The molecule has 1 rings (SSSR count). The molecule has 1 aliphatic carbocycles. The van der Waals surface area contributed by atoms with E-state index in [-0.39, 0.29) is 12.8 Å². The molecule has 13 nitrogen and oxygen atoms in total. The third kappa shape index (κ3) is 27.5. The van der Waals surface area contributed by atoms with Crippen molar-refractivity contribution in [1.29, 1.82) is 0 Å². The highest BCUT2D eigenvalue weighted by Gasteiger charge is 2.51. The number of rotatable bonds is 38. The van der Waals surface area contributed by atoms with E-state index in [4.69, 9.17) is 9.05 Å². The molecule has 14 heteroatoms. The average molecular weight is 864 g/mol. The molecule has 0 spiro atoms. The van der Waals surface area contributed by atoms with E-state index in [1.807, 2.05) is 0 Å². The van der Waals surface area contributed by atoms with Crippen molar-refractivity contribution in [2.45, 2.75) is 249 Å². The Morgan fingerprint density at radius 2 is 0.983 bits per heavy atom. The number of carbonyl (C=O) groups excluding carboxylic acids is 1. The van der Waals surface area contributed by atoms with Crippen molar-refractivity contribution in [3.63, 3.8) is 0 Å². The van der Waals surface area contributed by atoms with Crippen LogP contribution >= 0.6 is 7.82 Å². The summed E-state index contributed by atoms with van der Waals surface area (Å²) in [5, 5.41) is 74.6. The zero-order chi connectivity index (χ0) is 43.7. The molecule has 8 atom stereocenters. The number of hydrogen-bond acceptors (Lipinski definition) is 11. The van der Waals surface area contributed by atoms with Gasteiger partial charge in [0.1, 0.15) is 36.6 Å². The number of unbranched alkanes of at least 4 members (excludes halogenated alkanes) is 22. The minimum Gasteiger partial charge on any atom is -0.393 e. The van der Waals surface area contributed by atoms with E-state index in [2.05, 4.69) is 43.5 Å². The van der Waals surface area contributed by atoms with Crippen LogP contribution in [0.5, 0.6) is 0 Å². The summed E-state index contributed by atoms with van der Waals surface area (Å²) >= 11 is 0. The zero-order valence-electron chi connectivity index (χ0n) is 36.7. The van der Waals surface area contributed by atoms with Gasteiger partial charge in [-0.15, -0.1) is 0 Å². The Balaban J connectivity index is 2.54. The predicted octanol–water partition coefficient (Wildman–Crippen LogP) is 7.59. The molecule has 0 aromatic carbocycles. The lowest BCUT2D eigenvalue weighted by atomic mass is 9.85. The van der Waals surface area contributed by atoms with Crippen LogP contribution in [0.25, 0.3) is 0 Å². The van der Waals surface area contributed by atoms with E-state index in [0.717, 1.165) is 64.2 Å². The quantitative estimate of drug-likeness (QED) is 0.0166. The van der Waals surface area contributed by atoms with Crippen LogP contribution < -0.4 is 5.32 Å². The van der Waals surface area contributed by atoms with Crippen molar-refractivity contribution in [3.05, 3.63) is 24.3 Å². The Kier molecular flexibility index (Phi) is 33.3. The summed E-state index contributed by atoms with van der Waals surface area (Å²) in [6, 6.07) is -1.16. The molecule has 0 radical (unpaired) electrons. The number of amides is 1. The number of phosphoric acid groups is 1. The SMILES string of the molecule is CCCCC/C=C\C=C/CCCCCCC(O)CC(=O)NC(COP(=O)(O)OC1C(O)C(O)C(O)C(O)C1O)C(O)CCCCCCCCCCCCCCCCCC. The van der Waals surface area contributed by atoms with Crippen LogP contribution in [0.4, 0.5) is 0 Å². The molecular weight excluding hydrogens is 777 g/mol. The van der Waals surface area contributed by atoms with E-state index in [1.54, 1.807) is 0 Å². The molecule has 59 heavy (non-hydrogen) atoms. The number of allylic oxidation sites excluding steroid dienone is 4. The first-order chi connectivity index (χ1) is 28.3. The molecule has 8 unspecified atom stereocenters. The minimum absolute atomic E-state index is 0.235. The van der Waals surface area contributed by atoms with Gasteiger partial charge in [-0.05, 0) is 38.5 Å². The lowest BCUT2D eigenvalue weighted by Gasteiger charge is -2.41.